The quantitative estimate of drug-likeness (QED) is 0.755. The van der Waals surface area contributed by atoms with Crippen molar-refractivity contribution < 1.29 is 14.7 Å². The lowest BCUT2D eigenvalue weighted by Gasteiger charge is -2.30. The SMILES string of the molecule is CCN(CC(=O)O)C(=O)NC(C)CN1CCCCC1. The first kappa shape index (κ1) is 15.8. The zero-order chi connectivity index (χ0) is 14.3. The van der Waals surface area contributed by atoms with Crippen LogP contribution < -0.4 is 5.32 Å². The molecule has 19 heavy (non-hydrogen) atoms. The van der Waals surface area contributed by atoms with Gasteiger partial charge in [-0.05, 0) is 39.8 Å². The summed E-state index contributed by atoms with van der Waals surface area (Å²) in [5.74, 6) is -0.985. The van der Waals surface area contributed by atoms with Gasteiger partial charge in [0.2, 0.25) is 0 Å². The van der Waals surface area contributed by atoms with Crippen LogP contribution in [0.2, 0.25) is 0 Å². The van der Waals surface area contributed by atoms with Crippen molar-refractivity contribution in [2.45, 2.75) is 39.2 Å². The minimum Gasteiger partial charge on any atom is -0.480 e. The normalized spacial score (nSPS) is 17.8. The van der Waals surface area contributed by atoms with E-state index in [-0.39, 0.29) is 18.6 Å². The van der Waals surface area contributed by atoms with E-state index in [4.69, 9.17) is 5.11 Å². The number of carbonyl (C=O) groups is 2. The van der Waals surface area contributed by atoms with Gasteiger partial charge in [0, 0.05) is 19.1 Å². The third-order valence-electron chi connectivity index (χ3n) is 3.35. The minimum atomic E-state index is -0.985. The summed E-state index contributed by atoms with van der Waals surface area (Å²) in [6, 6.07) is -0.261. The number of rotatable bonds is 6. The fourth-order valence-electron chi connectivity index (χ4n) is 2.37. The summed E-state index contributed by atoms with van der Waals surface area (Å²) < 4.78 is 0. The zero-order valence-electron chi connectivity index (χ0n) is 11.9. The Morgan fingerprint density at radius 1 is 1.32 bits per heavy atom. The Labute approximate surface area is 114 Å². The highest BCUT2D eigenvalue weighted by atomic mass is 16.4. The number of piperidine rings is 1. The Morgan fingerprint density at radius 3 is 2.47 bits per heavy atom. The van der Waals surface area contributed by atoms with Crippen LogP contribution in [0, 0.1) is 0 Å². The Balaban J connectivity index is 2.34. The molecule has 110 valence electrons. The predicted molar refractivity (Wildman–Crippen MR) is 73.2 cm³/mol. The standard InChI is InChI=1S/C13H25N3O3/c1-3-16(10-12(17)18)13(19)14-11(2)9-15-7-5-4-6-8-15/h11H,3-10H2,1-2H3,(H,14,19)(H,17,18). The number of urea groups is 1. The monoisotopic (exact) mass is 271 g/mol. The van der Waals surface area contributed by atoms with E-state index in [9.17, 15) is 9.59 Å². The lowest BCUT2D eigenvalue weighted by molar-refractivity contribution is -0.137. The van der Waals surface area contributed by atoms with Gasteiger partial charge in [-0.1, -0.05) is 6.42 Å². The largest absolute Gasteiger partial charge is 0.480 e. The molecule has 0 saturated carbocycles. The number of aliphatic carboxylic acids is 1. The molecule has 0 bridgehead atoms. The van der Waals surface area contributed by atoms with E-state index in [0.717, 1.165) is 19.6 Å². The van der Waals surface area contributed by atoms with Crippen molar-refractivity contribution in [1.82, 2.24) is 15.1 Å². The van der Waals surface area contributed by atoms with Gasteiger partial charge in [0.25, 0.3) is 0 Å². The van der Waals surface area contributed by atoms with Crippen molar-refractivity contribution in [3.8, 4) is 0 Å². The van der Waals surface area contributed by atoms with E-state index < -0.39 is 5.97 Å². The average molecular weight is 271 g/mol. The molecular formula is C13H25N3O3. The van der Waals surface area contributed by atoms with Crippen LogP contribution in [0.3, 0.4) is 0 Å². The van der Waals surface area contributed by atoms with Crippen LogP contribution in [0.5, 0.6) is 0 Å². The van der Waals surface area contributed by atoms with Gasteiger partial charge in [-0.3, -0.25) is 4.79 Å². The highest BCUT2D eigenvalue weighted by Gasteiger charge is 2.19. The van der Waals surface area contributed by atoms with Gasteiger partial charge in [0.15, 0.2) is 0 Å². The molecule has 0 radical (unpaired) electrons. The highest BCUT2D eigenvalue weighted by molar-refractivity contribution is 5.80. The molecule has 1 unspecified atom stereocenters. The van der Waals surface area contributed by atoms with Gasteiger partial charge in [-0.2, -0.15) is 0 Å². The summed E-state index contributed by atoms with van der Waals surface area (Å²) in [6.07, 6.45) is 3.74. The highest BCUT2D eigenvalue weighted by Crippen LogP contribution is 2.08. The molecule has 6 nitrogen and oxygen atoms in total. The number of hydrogen-bond acceptors (Lipinski definition) is 3. The second-order valence-electron chi connectivity index (χ2n) is 5.12. The molecule has 1 rings (SSSR count). The lowest BCUT2D eigenvalue weighted by atomic mass is 10.1. The van der Waals surface area contributed by atoms with Crippen molar-refractivity contribution in [2.24, 2.45) is 0 Å². The fraction of sp³-hybridized carbons (Fsp3) is 0.846. The maximum absolute atomic E-state index is 11.9. The first-order chi connectivity index (χ1) is 9.02. The van der Waals surface area contributed by atoms with E-state index in [0.29, 0.717) is 6.54 Å². The van der Waals surface area contributed by atoms with Crippen LogP contribution in [-0.4, -0.2) is 65.7 Å². The van der Waals surface area contributed by atoms with Crippen LogP contribution in [-0.2, 0) is 4.79 Å². The van der Waals surface area contributed by atoms with Gasteiger partial charge in [-0.25, -0.2) is 4.79 Å². The number of nitrogens with zero attached hydrogens (tertiary/aromatic N) is 2. The predicted octanol–water partition coefficient (Wildman–Crippen LogP) is 0.977. The molecular weight excluding hydrogens is 246 g/mol. The van der Waals surface area contributed by atoms with Crippen molar-refractivity contribution >= 4 is 12.0 Å². The lowest BCUT2D eigenvalue weighted by Crippen LogP contribution is -2.49. The second kappa shape index (κ2) is 7.99. The third kappa shape index (κ3) is 5.92. The molecule has 1 aliphatic rings. The maximum atomic E-state index is 11.9. The zero-order valence-corrected chi connectivity index (χ0v) is 11.9. The molecule has 1 heterocycles. The van der Waals surface area contributed by atoms with Crippen LogP contribution in [0.25, 0.3) is 0 Å². The van der Waals surface area contributed by atoms with Gasteiger partial charge < -0.3 is 20.2 Å². The van der Waals surface area contributed by atoms with E-state index in [2.05, 4.69) is 10.2 Å². The number of likely N-dealkylation sites (tertiary alicyclic amines) is 1. The number of carboxylic acids is 1. The Kier molecular flexibility index (Phi) is 6.62. The van der Waals surface area contributed by atoms with E-state index >= 15 is 0 Å². The maximum Gasteiger partial charge on any atom is 0.323 e. The Hall–Kier alpha value is -1.30. The molecule has 2 N–H and O–H groups in total. The Bertz CT molecular complexity index is 304. The van der Waals surface area contributed by atoms with Gasteiger partial charge in [0.05, 0.1) is 0 Å². The summed E-state index contributed by atoms with van der Waals surface area (Å²) >= 11 is 0. The fourth-order valence-corrected chi connectivity index (χ4v) is 2.37. The summed E-state index contributed by atoms with van der Waals surface area (Å²) in [5.41, 5.74) is 0. The molecule has 0 aliphatic carbocycles. The van der Waals surface area contributed by atoms with Crippen LogP contribution in [0.4, 0.5) is 4.79 Å². The Morgan fingerprint density at radius 2 is 1.95 bits per heavy atom. The first-order valence-electron chi connectivity index (χ1n) is 7.02. The van der Waals surface area contributed by atoms with Crippen LogP contribution in [0.1, 0.15) is 33.1 Å². The molecule has 1 saturated heterocycles. The minimum absolute atomic E-state index is 0.0356. The van der Waals surface area contributed by atoms with Crippen molar-refractivity contribution in [3.05, 3.63) is 0 Å². The van der Waals surface area contributed by atoms with Crippen LogP contribution >= 0.6 is 0 Å². The summed E-state index contributed by atoms with van der Waals surface area (Å²) in [5, 5.41) is 11.6. The number of carbonyl (C=O) groups excluding carboxylic acids is 1. The second-order valence-corrected chi connectivity index (χ2v) is 5.12. The number of nitrogens with one attached hydrogen (secondary N) is 1. The summed E-state index contributed by atoms with van der Waals surface area (Å²) in [7, 11) is 0. The molecule has 2 amide bonds. The third-order valence-corrected chi connectivity index (χ3v) is 3.35. The molecule has 0 aromatic heterocycles. The molecule has 0 spiro atoms. The first-order valence-corrected chi connectivity index (χ1v) is 7.02. The number of amides is 2. The smallest absolute Gasteiger partial charge is 0.323 e. The number of likely N-dealkylation sites (N-methyl/N-ethyl adjacent to an activating group) is 1. The van der Waals surface area contributed by atoms with E-state index in [1.54, 1.807) is 6.92 Å². The average Bonchev–Trinajstić information content (AvgIpc) is 2.36. The molecule has 6 heteroatoms. The molecule has 1 atom stereocenters. The summed E-state index contributed by atoms with van der Waals surface area (Å²) in [4.78, 5) is 26.2. The number of hydrogen-bond donors (Lipinski definition) is 2. The van der Waals surface area contributed by atoms with E-state index in [1.807, 2.05) is 6.92 Å². The van der Waals surface area contributed by atoms with Gasteiger partial charge in [-0.15, -0.1) is 0 Å². The number of carboxylic acid groups (broad SMARTS) is 1. The van der Waals surface area contributed by atoms with Crippen molar-refractivity contribution in [3.63, 3.8) is 0 Å². The molecule has 0 aromatic carbocycles. The van der Waals surface area contributed by atoms with Gasteiger partial charge in [0.1, 0.15) is 6.54 Å². The van der Waals surface area contributed by atoms with Crippen molar-refractivity contribution in [1.29, 1.82) is 0 Å². The topological polar surface area (TPSA) is 72.9 Å². The molecule has 0 aromatic rings. The molecule has 1 fully saturated rings. The van der Waals surface area contributed by atoms with Crippen LogP contribution in [0.15, 0.2) is 0 Å². The van der Waals surface area contributed by atoms with Crippen molar-refractivity contribution in [2.75, 3.05) is 32.7 Å². The molecule has 1 aliphatic heterocycles. The summed E-state index contributed by atoms with van der Waals surface area (Å²) in [6.45, 7) is 6.89. The van der Waals surface area contributed by atoms with E-state index in [1.165, 1.54) is 24.2 Å². The van der Waals surface area contributed by atoms with Gasteiger partial charge >= 0.3 is 12.0 Å².